The molecule has 0 saturated heterocycles. The van der Waals surface area contributed by atoms with Gasteiger partial charge in [0, 0.05) is 12.4 Å². The van der Waals surface area contributed by atoms with Crippen LogP contribution in [0.25, 0.3) is 0 Å². The highest BCUT2D eigenvalue weighted by atomic mass is 14.6. The van der Waals surface area contributed by atoms with E-state index in [9.17, 15) is 0 Å². The fraction of sp³-hybridized carbons (Fsp3) is 0. The van der Waals surface area contributed by atoms with Gasteiger partial charge in [0.2, 0.25) is 0 Å². The van der Waals surface area contributed by atoms with Gasteiger partial charge >= 0.3 is 0 Å². The van der Waals surface area contributed by atoms with Crippen molar-refractivity contribution in [2.75, 3.05) is 0 Å². The van der Waals surface area contributed by atoms with E-state index in [2.05, 4.69) is 17.8 Å². The Bertz CT molecular complexity index is 105. The Balaban J connectivity index is 0.000000222. The molecule has 0 fully saturated rings. The zero-order valence-corrected chi connectivity index (χ0v) is 4.49. The van der Waals surface area contributed by atoms with Gasteiger partial charge in [-0.3, -0.25) is 4.98 Å². The van der Waals surface area contributed by atoms with E-state index in [-0.39, 0.29) is 0 Å². The summed E-state index contributed by atoms with van der Waals surface area (Å²) in [5, 5.41) is 0. The van der Waals surface area contributed by atoms with Gasteiger partial charge < -0.3 is 0 Å². The van der Waals surface area contributed by atoms with Crippen LogP contribution in [0.1, 0.15) is 0 Å². The average molecular weight is 105 g/mol. The number of rotatable bonds is 0. The lowest BCUT2D eigenvalue weighted by Gasteiger charge is -1.70. The molecule has 0 N–H and O–H groups in total. The highest BCUT2D eigenvalue weighted by Gasteiger charge is 1.58. The van der Waals surface area contributed by atoms with Crippen LogP contribution in [0.3, 0.4) is 0 Å². The Morgan fingerprint density at radius 1 is 0.875 bits per heavy atom. The third kappa shape index (κ3) is 2.92. The molecule has 1 rings (SSSR count). The van der Waals surface area contributed by atoms with Crippen molar-refractivity contribution in [3.8, 4) is 12.8 Å². The Hall–Kier alpha value is -1.29. The molecule has 0 aromatic carbocycles. The summed E-state index contributed by atoms with van der Waals surface area (Å²) in [5.41, 5.74) is 0. The number of pyridine rings is 1. The van der Waals surface area contributed by atoms with Gasteiger partial charge in [-0.1, -0.05) is 6.07 Å². The summed E-state index contributed by atoms with van der Waals surface area (Å²) in [7, 11) is 0. The second kappa shape index (κ2) is 5.71. The number of aromatic nitrogens is 1. The monoisotopic (exact) mass is 105 g/mol. The molecule has 0 radical (unpaired) electrons. The zero-order chi connectivity index (χ0) is 6.24. The molecular formula is C7H7N. The van der Waals surface area contributed by atoms with E-state index in [0.717, 1.165) is 0 Å². The van der Waals surface area contributed by atoms with Crippen molar-refractivity contribution in [3.63, 3.8) is 0 Å². The van der Waals surface area contributed by atoms with Gasteiger partial charge in [0.15, 0.2) is 0 Å². The van der Waals surface area contributed by atoms with Crippen LogP contribution in [-0.4, -0.2) is 4.98 Å². The van der Waals surface area contributed by atoms with E-state index in [1.54, 1.807) is 12.4 Å². The molecule has 0 saturated carbocycles. The third-order valence-corrected chi connectivity index (χ3v) is 0.566. The number of hydrogen-bond donors (Lipinski definition) is 0. The maximum atomic E-state index is 4.00. The first kappa shape index (κ1) is 6.71. The molecule has 40 valence electrons. The lowest BCUT2D eigenvalue weighted by Crippen LogP contribution is -1.58. The molecule has 0 unspecified atom stereocenters. The van der Waals surface area contributed by atoms with Gasteiger partial charge in [-0.15, -0.1) is 12.8 Å². The van der Waals surface area contributed by atoms with Crippen molar-refractivity contribution < 1.29 is 0 Å². The van der Waals surface area contributed by atoms with Crippen LogP contribution in [-0.2, 0) is 0 Å². The Kier molecular flexibility index (Phi) is 4.79. The fourth-order valence-corrected chi connectivity index (χ4v) is 0.313. The average Bonchev–Trinajstić information content (AvgIpc) is 1.96. The van der Waals surface area contributed by atoms with Gasteiger partial charge in [0.1, 0.15) is 0 Å². The van der Waals surface area contributed by atoms with E-state index >= 15 is 0 Å². The molecule has 0 aliphatic carbocycles. The smallest absolute Gasteiger partial charge is 0.0267 e. The first-order chi connectivity index (χ1) is 4.00. The molecule has 0 aliphatic rings. The molecule has 1 heterocycles. The molecule has 1 heteroatoms. The SMILES string of the molecule is C#C.c1ccncc1. The molecule has 8 heavy (non-hydrogen) atoms. The van der Waals surface area contributed by atoms with Crippen molar-refractivity contribution in [2.24, 2.45) is 0 Å². The summed E-state index contributed by atoms with van der Waals surface area (Å²) in [4.78, 5) is 3.78. The van der Waals surface area contributed by atoms with Gasteiger partial charge in [-0.2, -0.15) is 0 Å². The first-order valence-corrected chi connectivity index (χ1v) is 2.18. The lowest BCUT2D eigenvalue weighted by molar-refractivity contribution is 1.33. The summed E-state index contributed by atoms with van der Waals surface area (Å²) < 4.78 is 0. The Morgan fingerprint density at radius 2 is 1.38 bits per heavy atom. The van der Waals surface area contributed by atoms with Crippen LogP contribution < -0.4 is 0 Å². The molecule has 0 aliphatic heterocycles. The normalized spacial score (nSPS) is 6.25. The van der Waals surface area contributed by atoms with E-state index in [4.69, 9.17) is 0 Å². The van der Waals surface area contributed by atoms with Crippen LogP contribution in [0.5, 0.6) is 0 Å². The van der Waals surface area contributed by atoms with Gasteiger partial charge in [0.25, 0.3) is 0 Å². The summed E-state index contributed by atoms with van der Waals surface area (Å²) >= 11 is 0. The van der Waals surface area contributed by atoms with E-state index < -0.39 is 0 Å². The van der Waals surface area contributed by atoms with Crippen molar-refractivity contribution >= 4 is 0 Å². The number of nitrogens with zero attached hydrogens (tertiary/aromatic N) is 1. The number of terminal acetylenes is 1. The standard InChI is InChI=1S/C5H5N.C2H2/c1-2-4-6-5-3-1;1-2/h1-5H;1-2H. The Morgan fingerprint density at radius 3 is 1.50 bits per heavy atom. The molecule has 1 aromatic rings. The minimum absolute atomic E-state index is 1.75. The van der Waals surface area contributed by atoms with E-state index in [1.807, 2.05) is 18.2 Å². The van der Waals surface area contributed by atoms with Gasteiger partial charge in [-0.05, 0) is 12.1 Å². The largest absolute Gasteiger partial charge is 0.265 e. The fourth-order valence-electron chi connectivity index (χ4n) is 0.313. The maximum absolute atomic E-state index is 4.00. The summed E-state index contributed by atoms with van der Waals surface area (Å²) in [6, 6.07) is 5.72. The summed E-state index contributed by atoms with van der Waals surface area (Å²) in [5.74, 6) is 0. The van der Waals surface area contributed by atoms with Crippen molar-refractivity contribution in [1.82, 2.24) is 4.98 Å². The molecule has 1 aromatic heterocycles. The van der Waals surface area contributed by atoms with Crippen LogP contribution in [0.4, 0.5) is 0 Å². The van der Waals surface area contributed by atoms with Crippen LogP contribution in [0.15, 0.2) is 30.6 Å². The highest BCUT2D eigenvalue weighted by Crippen LogP contribution is 1.73. The number of hydrogen-bond acceptors (Lipinski definition) is 1. The predicted molar refractivity (Wildman–Crippen MR) is 34.1 cm³/mol. The topological polar surface area (TPSA) is 12.9 Å². The van der Waals surface area contributed by atoms with E-state index in [0.29, 0.717) is 0 Å². The molecule has 0 bridgehead atoms. The summed E-state index contributed by atoms with van der Waals surface area (Å²) in [6.07, 6.45) is 11.5. The van der Waals surface area contributed by atoms with Gasteiger partial charge in [-0.25, -0.2) is 0 Å². The molecule has 0 amide bonds. The molecule has 1 nitrogen and oxygen atoms in total. The first-order valence-electron chi connectivity index (χ1n) is 2.18. The maximum Gasteiger partial charge on any atom is 0.0267 e. The van der Waals surface area contributed by atoms with Crippen molar-refractivity contribution in [3.05, 3.63) is 30.6 Å². The predicted octanol–water partition coefficient (Wildman–Crippen LogP) is 1.33. The van der Waals surface area contributed by atoms with Crippen molar-refractivity contribution in [2.45, 2.75) is 0 Å². The molecular weight excluding hydrogens is 98.1 g/mol. The van der Waals surface area contributed by atoms with Crippen LogP contribution in [0.2, 0.25) is 0 Å². The van der Waals surface area contributed by atoms with E-state index in [1.165, 1.54) is 0 Å². The second-order valence-corrected chi connectivity index (χ2v) is 1.02. The quantitative estimate of drug-likeness (QED) is 0.453. The molecule has 0 spiro atoms. The lowest BCUT2D eigenvalue weighted by atomic mass is 10.5. The minimum atomic E-state index is 1.75. The Labute approximate surface area is 49.4 Å². The van der Waals surface area contributed by atoms with Crippen LogP contribution >= 0.6 is 0 Å². The second-order valence-electron chi connectivity index (χ2n) is 1.02. The third-order valence-electron chi connectivity index (χ3n) is 0.566. The highest BCUT2D eigenvalue weighted by molar-refractivity contribution is 4.88. The zero-order valence-electron chi connectivity index (χ0n) is 4.49. The summed E-state index contributed by atoms with van der Waals surface area (Å²) in [6.45, 7) is 0. The minimum Gasteiger partial charge on any atom is -0.265 e. The van der Waals surface area contributed by atoms with Crippen molar-refractivity contribution in [1.29, 1.82) is 0 Å². The van der Waals surface area contributed by atoms with Gasteiger partial charge in [0.05, 0.1) is 0 Å². The van der Waals surface area contributed by atoms with Crippen LogP contribution in [0, 0.1) is 12.8 Å². The molecule has 0 atom stereocenters.